The highest BCUT2D eigenvalue weighted by Gasteiger charge is 2.12. The van der Waals surface area contributed by atoms with E-state index in [1.165, 1.54) is 25.0 Å². The van der Waals surface area contributed by atoms with Crippen LogP contribution < -0.4 is 16.6 Å². The molecule has 1 aromatic heterocycles. The van der Waals surface area contributed by atoms with Crippen molar-refractivity contribution in [1.29, 1.82) is 0 Å². The summed E-state index contributed by atoms with van der Waals surface area (Å²) >= 11 is 0. The maximum atomic E-state index is 10.8. The SMILES string of the molecule is NNc1cc([N+](=O)[O-])cc(NCCN2CCCC2)n1. The lowest BCUT2D eigenvalue weighted by atomic mass is 10.3. The molecule has 0 atom stereocenters. The monoisotopic (exact) mass is 266 g/mol. The molecule has 1 aliphatic rings. The summed E-state index contributed by atoms with van der Waals surface area (Å²) in [4.78, 5) is 16.8. The molecular weight excluding hydrogens is 248 g/mol. The number of likely N-dealkylation sites (tertiary alicyclic amines) is 1. The van der Waals surface area contributed by atoms with Crippen molar-refractivity contribution in [3.63, 3.8) is 0 Å². The lowest BCUT2D eigenvalue weighted by Gasteiger charge is -2.15. The zero-order chi connectivity index (χ0) is 13.7. The van der Waals surface area contributed by atoms with Crippen LogP contribution in [0.3, 0.4) is 0 Å². The first kappa shape index (κ1) is 13.5. The zero-order valence-electron chi connectivity index (χ0n) is 10.6. The van der Waals surface area contributed by atoms with Crippen LogP contribution >= 0.6 is 0 Å². The largest absolute Gasteiger partial charge is 0.369 e. The molecule has 0 amide bonds. The summed E-state index contributed by atoms with van der Waals surface area (Å²) in [6, 6.07) is 2.70. The molecule has 1 saturated heterocycles. The lowest BCUT2D eigenvalue weighted by molar-refractivity contribution is -0.384. The van der Waals surface area contributed by atoms with Gasteiger partial charge >= 0.3 is 0 Å². The highest BCUT2D eigenvalue weighted by molar-refractivity contribution is 5.54. The number of rotatable bonds is 6. The van der Waals surface area contributed by atoms with Crippen molar-refractivity contribution in [3.05, 3.63) is 22.2 Å². The standard InChI is InChI=1S/C11H18N6O2/c12-15-11-8-9(17(18)19)7-10(14-11)13-3-6-16-4-1-2-5-16/h7-8H,1-6,12H2,(H2,13,14,15). The van der Waals surface area contributed by atoms with Crippen molar-refractivity contribution in [2.45, 2.75) is 12.8 Å². The van der Waals surface area contributed by atoms with Gasteiger partial charge in [0.15, 0.2) is 0 Å². The fraction of sp³-hybridized carbons (Fsp3) is 0.545. The first-order chi connectivity index (χ1) is 9.19. The maximum absolute atomic E-state index is 10.8. The topological polar surface area (TPSA) is 109 Å². The van der Waals surface area contributed by atoms with Gasteiger partial charge in [0, 0.05) is 13.1 Å². The summed E-state index contributed by atoms with van der Waals surface area (Å²) in [5.41, 5.74) is 2.29. The number of hydrogen-bond donors (Lipinski definition) is 3. The highest BCUT2D eigenvalue weighted by Crippen LogP contribution is 2.19. The summed E-state index contributed by atoms with van der Waals surface area (Å²) in [5, 5.41) is 13.9. The second-order valence-corrected chi connectivity index (χ2v) is 4.47. The van der Waals surface area contributed by atoms with Gasteiger partial charge in [-0.3, -0.25) is 10.1 Å². The van der Waals surface area contributed by atoms with E-state index in [9.17, 15) is 10.1 Å². The predicted molar refractivity (Wildman–Crippen MR) is 72.9 cm³/mol. The third-order valence-electron chi connectivity index (χ3n) is 3.10. The van der Waals surface area contributed by atoms with E-state index in [-0.39, 0.29) is 11.5 Å². The first-order valence-corrected chi connectivity index (χ1v) is 6.28. The molecule has 1 aromatic rings. The van der Waals surface area contributed by atoms with Crippen LogP contribution in [0.1, 0.15) is 12.8 Å². The van der Waals surface area contributed by atoms with E-state index in [2.05, 4.69) is 20.6 Å². The number of nitrogens with two attached hydrogens (primary N) is 1. The van der Waals surface area contributed by atoms with E-state index >= 15 is 0 Å². The normalized spacial score (nSPS) is 15.4. The number of aromatic nitrogens is 1. The number of nitro groups is 1. The molecule has 0 unspecified atom stereocenters. The van der Waals surface area contributed by atoms with Gasteiger partial charge in [-0.2, -0.15) is 0 Å². The Morgan fingerprint density at radius 1 is 1.37 bits per heavy atom. The fourth-order valence-corrected chi connectivity index (χ4v) is 2.13. The minimum absolute atomic E-state index is 0.0355. The van der Waals surface area contributed by atoms with E-state index < -0.39 is 4.92 Å². The molecule has 2 rings (SSSR count). The van der Waals surface area contributed by atoms with Gasteiger partial charge in [-0.1, -0.05) is 0 Å². The van der Waals surface area contributed by atoms with Gasteiger partial charge in [0.1, 0.15) is 11.6 Å². The predicted octanol–water partition coefficient (Wildman–Crippen LogP) is 0.783. The molecule has 0 spiro atoms. The van der Waals surface area contributed by atoms with Crippen LogP contribution in [0.25, 0.3) is 0 Å². The van der Waals surface area contributed by atoms with Crippen molar-refractivity contribution < 1.29 is 4.92 Å². The molecular formula is C11H18N6O2. The average molecular weight is 266 g/mol. The molecule has 0 radical (unpaired) electrons. The third-order valence-corrected chi connectivity index (χ3v) is 3.10. The number of hydrogen-bond acceptors (Lipinski definition) is 7. The van der Waals surface area contributed by atoms with Crippen LogP contribution in [0.4, 0.5) is 17.3 Å². The van der Waals surface area contributed by atoms with Crippen molar-refractivity contribution in [1.82, 2.24) is 9.88 Å². The Morgan fingerprint density at radius 2 is 2.05 bits per heavy atom. The van der Waals surface area contributed by atoms with Gasteiger partial charge in [0.25, 0.3) is 5.69 Å². The van der Waals surface area contributed by atoms with Crippen LogP contribution in [0.5, 0.6) is 0 Å². The average Bonchev–Trinajstić information content (AvgIpc) is 2.91. The zero-order valence-corrected chi connectivity index (χ0v) is 10.6. The Balaban J connectivity index is 1.94. The Labute approximate surface area is 111 Å². The Hall–Kier alpha value is -1.93. The van der Waals surface area contributed by atoms with Crippen molar-refractivity contribution in [2.24, 2.45) is 5.84 Å². The van der Waals surface area contributed by atoms with E-state index in [0.29, 0.717) is 12.4 Å². The van der Waals surface area contributed by atoms with Gasteiger partial charge in [-0.25, -0.2) is 10.8 Å². The molecule has 0 bridgehead atoms. The molecule has 19 heavy (non-hydrogen) atoms. The van der Waals surface area contributed by atoms with Crippen LogP contribution in [-0.2, 0) is 0 Å². The summed E-state index contributed by atoms with van der Waals surface area (Å²) < 4.78 is 0. The van der Waals surface area contributed by atoms with Crippen LogP contribution in [-0.4, -0.2) is 41.0 Å². The minimum Gasteiger partial charge on any atom is -0.369 e. The Morgan fingerprint density at radius 3 is 2.68 bits per heavy atom. The van der Waals surface area contributed by atoms with Crippen LogP contribution in [0, 0.1) is 10.1 Å². The number of nitrogen functional groups attached to an aromatic ring is 1. The summed E-state index contributed by atoms with van der Waals surface area (Å²) in [6.45, 7) is 3.87. The van der Waals surface area contributed by atoms with Gasteiger partial charge in [0.05, 0.1) is 17.1 Å². The van der Waals surface area contributed by atoms with Crippen LogP contribution in [0.2, 0.25) is 0 Å². The molecule has 0 aromatic carbocycles. The van der Waals surface area contributed by atoms with E-state index in [4.69, 9.17) is 5.84 Å². The quantitative estimate of drug-likeness (QED) is 0.396. The lowest BCUT2D eigenvalue weighted by Crippen LogP contribution is -2.26. The molecule has 2 heterocycles. The maximum Gasteiger partial charge on any atom is 0.276 e. The van der Waals surface area contributed by atoms with Gasteiger partial charge in [-0.15, -0.1) is 0 Å². The molecule has 1 aliphatic heterocycles. The minimum atomic E-state index is -0.464. The van der Waals surface area contributed by atoms with Gasteiger partial charge in [-0.05, 0) is 25.9 Å². The second kappa shape index (κ2) is 6.30. The van der Waals surface area contributed by atoms with Crippen molar-refractivity contribution in [2.75, 3.05) is 36.9 Å². The number of nitrogens with one attached hydrogen (secondary N) is 2. The molecule has 1 fully saturated rings. The third kappa shape index (κ3) is 3.76. The van der Waals surface area contributed by atoms with Crippen molar-refractivity contribution in [3.8, 4) is 0 Å². The van der Waals surface area contributed by atoms with E-state index in [0.717, 1.165) is 19.6 Å². The summed E-state index contributed by atoms with van der Waals surface area (Å²) in [6.07, 6.45) is 2.49. The number of hydrazine groups is 1. The van der Waals surface area contributed by atoms with Crippen molar-refractivity contribution >= 4 is 17.3 Å². The smallest absolute Gasteiger partial charge is 0.276 e. The van der Waals surface area contributed by atoms with Crippen LogP contribution in [0.15, 0.2) is 12.1 Å². The molecule has 4 N–H and O–H groups in total. The van der Waals surface area contributed by atoms with E-state index in [1.54, 1.807) is 0 Å². The number of pyridine rings is 1. The summed E-state index contributed by atoms with van der Waals surface area (Å²) in [5.74, 6) is 5.98. The highest BCUT2D eigenvalue weighted by atomic mass is 16.6. The fourth-order valence-electron chi connectivity index (χ4n) is 2.13. The number of anilines is 2. The molecule has 0 saturated carbocycles. The van der Waals surface area contributed by atoms with Gasteiger partial charge in [0.2, 0.25) is 0 Å². The Bertz CT molecular complexity index is 447. The molecule has 8 nitrogen and oxygen atoms in total. The second-order valence-electron chi connectivity index (χ2n) is 4.47. The molecule has 0 aliphatic carbocycles. The van der Waals surface area contributed by atoms with E-state index in [1.807, 2.05) is 0 Å². The Kier molecular flexibility index (Phi) is 4.48. The van der Waals surface area contributed by atoms with Gasteiger partial charge < -0.3 is 15.6 Å². The summed E-state index contributed by atoms with van der Waals surface area (Å²) in [7, 11) is 0. The first-order valence-electron chi connectivity index (χ1n) is 6.28. The number of nitrogens with zero attached hydrogens (tertiary/aromatic N) is 3. The molecule has 104 valence electrons. The molecule has 8 heteroatoms.